The quantitative estimate of drug-likeness (QED) is 0.413. The number of rotatable bonds is 9. The van der Waals surface area contributed by atoms with Crippen LogP contribution in [0.3, 0.4) is 0 Å². The molecule has 0 aliphatic rings. The summed E-state index contributed by atoms with van der Waals surface area (Å²) in [7, 11) is 0. The van der Waals surface area contributed by atoms with Crippen molar-refractivity contribution in [3.05, 3.63) is 52.9 Å². The van der Waals surface area contributed by atoms with Gasteiger partial charge in [0.25, 0.3) is 5.69 Å². The van der Waals surface area contributed by atoms with E-state index >= 15 is 0 Å². The molecule has 0 radical (unpaired) electrons. The van der Waals surface area contributed by atoms with Gasteiger partial charge in [0.1, 0.15) is 0 Å². The SMILES string of the molecule is C=CCC[C@H](O)CNCc1nc(-c2ccc([N+](=O)[O-])cc2)no1. The highest BCUT2D eigenvalue weighted by Crippen LogP contribution is 2.19. The molecule has 0 aliphatic heterocycles. The van der Waals surface area contributed by atoms with Crippen LogP contribution in [-0.2, 0) is 6.54 Å². The highest BCUT2D eigenvalue weighted by molar-refractivity contribution is 5.56. The molecule has 2 rings (SSSR count). The molecule has 0 spiro atoms. The van der Waals surface area contributed by atoms with Gasteiger partial charge in [0.15, 0.2) is 0 Å². The maximum atomic E-state index is 10.6. The van der Waals surface area contributed by atoms with Crippen LogP contribution in [0.5, 0.6) is 0 Å². The zero-order chi connectivity index (χ0) is 16.7. The molecule has 0 saturated heterocycles. The van der Waals surface area contributed by atoms with E-state index in [1.165, 1.54) is 12.1 Å². The Morgan fingerprint density at radius 1 is 1.43 bits per heavy atom. The van der Waals surface area contributed by atoms with Crippen molar-refractivity contribution >= 4 is 5.69 Å². The number of allylic oxidation sites excluding steroid dienone is 1. The van der Waals surface area contributed by atoms with E-state index in [-0.39, 0.29) is 5.69 Å². The van der Waals surface area contributed by atoms with Gasteiger partial charge in [0.05, 0.1) is 17.6 Å². The summed E-state index contributed by atoms with van der Waals surface area (Å²) in [5, 5.41) is 27.2. The first-order chi connectivity index (χ1) is 11.1. The van der Waals surface area contributed by atoms with E-state index in [2.05, 4.69) is 22.0 Å². The van der Waals surface area contributed by atoms with E-state index in [1.807, 2.05) is 0 Å². The highest BCUT2D eigenvalue weighted by atomic mass is 16.6. The average Bonchev–Trinajstić information content (AvgIpc) is 3.02. The molecule has 1 aromatic carbocycles. The minimum absolute atomic E-state index is 0.00708. The largest absolute Gasteiger partial charge is 0.392 e. The zero-order valence-corrected chi connectivity index (χ0v) is 12.5. The number of nitrogens with one attached hydrogen (secondary N) is 1. The van der Waals surface area contributed by atoms with Gasteiger partial charge in [0.2, 0.25) is 11.7 Å². The van der Waals surface area contributed by atoms with Crippen LogP contribution in [0.4, 0.5) is 5.69 Å². The van der Waals surface area contributed by atoms with E-state index in [0.717, 1.165) is 6.42 Å². The molecule has 1 heterocycles. The van der Waals surface area contributed by atoms with Gasteiger partial charge in [-0.1, -0.05) is 11.2 Å². The number of non-ortho nitro benzene ring substituents is 1. The third-order valence-corrected chi connectivity index (χ3v) is 3.16. The second kappa shape index (κ2) is 8.16. The standard InChI is InChI=1S/C15H18N4O4/c1-2-3-4-13(20)9-16-10-14-17-15(18-23-14)11-5-7-12(8-6-11)19(21)22/h2,5-8,13,16,20H,1,3-4,9-10H2/t13-/m0/s1. The molecule has 23 heavy (non-hydrogen) atoms. The lowest BCUT2D eigenvalue weighted by Crippen LogP contribution is -2.26. The van der Waals surface area contributed by atoms with Gasteiger partial charge < -0.3 is 14.9 Å². The average molecular weight is 318 g/mol. The zero-order valence-electron chi connectivity index (χ0n) is 12.5. The van der Waals surface area contributed by atoms with Gasteiger partial charge >= 0.3 is 0 Å². The van der Waals surface area contributed by atoms with Crippen molar-refractivity contribution in [2.75, 3.05) is 6.54 Å². The normalized spacial score (nSPS) is 12.0. The van der Waals surface area contributed by atoms with Gasteiger partial charge in [0, 0.05) is 24.2 Å². The summed E-state index contributed by atoms with van der Waals surface area (Å²) in [6, 6.07) is 5.91. The minimum atomic E-state index is -0.465. The van der Waals surface area contributed by atoms with Gasteiger partial charge in [-0.2, -0.15) is 4.98 Å². The molecule has 0 aliphatic carbocycles. The Morgan fingerprint density at radius 2 is 2.17 bits per heavy atom. The Balaban J connectivity index is 1.87. The Hall–Kier alpha value is -2.58. The van der Waals surface area contributed by atoms with Gasteiger partial charge in [-0.05, 0) is 25.0 Å². The summed E-state index contributed by atoms with van der Waals surface area (Å²) in [5.41, 5.74) is 0.643. The monoisotopic (exact) mass is 318 g/mol. The van der Waals surface area contributed by atoms with Crippen molar-refractivity contribution in [3.8, 4) is 11.4 Å². The molecule has 0 unspecified atom stereocenters. The number of benzene rings is 1. The smallest absolute Gasteiger partial charge is 0.269 e. The summed E-state index contributed by atoms with van der Waals surface area (Å²) in [6.45, 7) is 4.36. The molecule has 1 atom stereocenters. The first kappa shape index (κ1) is 16.8. The number of nitrogens with zero attached hydrogens (tertiary/aromatic N) is 3. The highest BCUT2D eigenvalue weighted by Gasteiger charge is 2.11. The molecule has 2 aromatic rings. The van der Waals surface area contributed by atoms with Crippen molar-refractivity contribution < 1.29 is 14.6 Å². The fraction of sp³-hybridized carbons (Fsp3) is 0.333. The summed E-state index contributed by atoms with van der Waals surface area (Å²) in [5.74, 6) is 0.748. The molecular formula is C15H18N4O4. The maximum absolute atomic E-state index is 10.6. The predicted molar refractivity (Wildman–Crippen MR) is 83.5 cm³/mol. The predicted octanol–water partition coefficient (Wildman–Crippen LogP) is 2.06. The van der Waals surface area contributed by atoms with Crippen molar-refractivity contribution in [2.24, 2.45) is 0 Å². The van der Waals surface area contributed by atoms with Crippen LogP contribution in [0.25, 0.3) is 11.4 Å². The van der Waals surface area contributed by atoms with Crippen LogP contribution >= 0.6 is 0 Å². The minimum Gasteiger partial charge on any atom is -0.392 e. The second-order valence-corrected chi connectivity index (χ2v) is 4.97. The Bertz CT molecular complexity index is 654. The van der Waals surface area contributed by atoms with Gasteiger partial charge in [-0.25, -0.2) is 0 Å². The number of aliphatic hydroxyl groups is 1. The van der Waals surface area contributed by atoms with Gasteiger partial charge in [-0.3, -0.25) is 10.1 Å². The Morgan fingerprint density at radius 3 is 2.83 bits per heavy atom. The van der Waals surface area contributed by atoms with Crippen LogP contribution in [0.15, 0.2) is 41.4 Å². The van der Waals surface area contributed by atoms with Crippen LogP contribution in [0, 0.1) is 10.1 Å². The lowest BCUT2D eigenvalue weighted by Gasteiger charge is -2.08. The molecule has 8 nitrogen and oxygen atoms in total. The second-order valence-electron chi connectivity index (χ2n) is 4.97. The Labute approximate surface area is 133 Å². The summed E-state index contributed by atoms with van der Waals surface area (Å²) in [6.07, 6.45) is 2.71. The topological polar surface area (TPSA) is 114 Å². The number of aliphatic hydroxyl groups excluding tert-OH is 1. The van der Waals surface area contributed by atoms with Crippen molar-refractivity contribution in [1.82, 2.24) is 15.5 Å². The summed E-state index contributed by atoms with van der Waals surface area (Å²) < 4.78 is 5.10. The number of nitro benzene ring substituents is 1. The molecule has 0 fully saturated rings. The van der Waals surface area contributed by atoms with Crippen LogP contribution < -0.4 is 5.32 Å². The summed E-state index contributed by atoms with van der Waals surface area (Å²) >= 11 is 0. The fourth-order valence-corrected chi connectivity index (χ4v) is 1.93. The Kier molecular flexibility index (Phi) is 5.95. The first-order valence-electron chi connectivity index (χ1n) is 7.17. The third kappa shape index (κ3) is 4.97. The van der Waals surface area contributed by atoms with Crippen LogP contribution in [0.2, 0.25) is 0 Å². The van der Waals surface area contributed by atoms with Crippen molar-refractivity contribution in [3.63, 3.8) is 0 Å². The third-order valence-electron chi connectivity index (χ3n) is 3.16. The molecule has 122 valence electrons. The van der Waals surface area contributed by atoms with Crippen molar-refractivity contribution in [2.45, 2.75) is 25.5 Å². The number of aromatic nitrogens is 2. The van der Waals surface area contributed by atoms with E-state index < -0.39 is 11.0 Å². The van der Waals surface area contributed by atoms with E-state index in [4.69, 9.17) is 4.52 Å². The van der Waals surface area contributed by atoms with Crippen molar-refractivity contribution in [1.29, 1.82) is 0 Å². The van der Waals surface area contributed by atoms with Crippen LogP contribution in [0.1, 0.15) is 18.7 Å². The van der Waals surface area contributed by atoms with E-state index in [1.54, 1.807) is 18.2 Å². The van der Waals surface area contributed by atoms with E-state index in [0.29, 0.717) is 36.8 Å². The van der Waals surface area contributed by atoms with Crippen LogP contribution in [-0.4, -0.2) is 32.8 Å². The maximum Gasteiger partial charge on any atom is 0.269 e. The molecule has 8 heteroatoms. The lowest BCUT2D eigenvalue weighted by molar-refractivity contribution is -0.384. The lowest BCUT2D eigenvalue weighted by atomic mass is 10.2. The number of nitro groups is 1. The number of hydrogen-bond acceptors (Lipinski definition) is 7. The first-order valence-corrected chi connectivity index (χ1v) is 7.17. The fourth-order valence-electron chi connectivity index (χ4n) is 1.93. The number of hydrogen-bond donors (Lipinski definition) is 2. The molecule has 1 aromatic heterocycles. The molecule has 0 saturated carbocycles. The molecule has 0 amide bonds. The summed E-state index contributed by atoms with van der Waals surface area (Å²) in [4.78, 5) is 14.4. The van der Waals surface area contributed by atoms with Gasteiger partial charge in [-0.15, -0.1) is 6.58 Å². The molecular weight excluding hydrogens is 300 g/mol. The van der Waals surface area contributed by atoms with E-state index in [9.17, 15) is 15.2 Å². The molecule has 2 N–H and O–H groups in total. The molecule has 0 bridgehead atoms.